The third-order valence-corrected chi connectivity index (χ3v) is 3.09. The van der Waals surface area contributed by atoms with Gasteiger partial charge in [0.05, 0.1) is 0 Å². The lowest BCUT2D eigenvalue weighted by molar-refractivity contribution is -0.120. The molecule has 1 aromatic rings. The number of aryl methyl sites for hydroxylation is 1. The van der Waals surface area contributed by atoms with E-state index in [-0.39, 0.29) is 11.8 Å². The van der Waals surface area contributed by atoms with Gasteiger partial charge in [0.1, 0.15) is 0 Å². The second kappa shape index (κ2) is 5.08. The summed E-state index contributed by atoms with van der Waals surface area (Å²) in [5.41, 5.74) is 7.80. The number of rotatable bonds is 1. The van der Waals surface area contributed by atoms with Crippen molar-refractivity contribution >= 4 is 17.5 Å². The fourth-order valence-electron chi connectivity index (χ4n) is 2.01. The van der Waals surface area contributed by atoms with E-state index in [1.807, 2.05) is 13.0 Å². The summed E-state index contributed by atoms with van der Waals surface area (Å²) in [6, 6.07) is 5.31. The summed E-state index contributed by atoms with van der Waals surface area (Å²) in [5.74, 6) is -0.0640. The van der Waals surface area contributed by atoms with E-state index >= 15 is 0 Å². The van der Waals surface area contributed by atoms with Crippen molar-refractivity contribution in [2.45, 2.75) is 13.3 Å². The highest BCUT2D eigenvalue weighted by Gasteiger charge is 2.20. The van der Waals surface area contributed by atoms with Gasteiger partial charge in [-0.25, -0.2) is 0 Å². The first kappa shape index (κ1) is 12.4. The van der Waals surface area contributed by atoms with E-state index < -0.39 is 0 Å². The quantitative estimate of drug-likeness (QED) is 0.711. The fourth-order valence-corrected chi connectivity index (χ4v) is 2.01. The van der Waals surface area contributed by atoms with Crippen molar-refractivity contribution in [2.24, 2.45) is 0 Å². The van der Waals surface area contributed by atoms with Crippen LogP contribution < -0.4 is 11.1 Å². The first-order valence-electron chi connectivity index (χ1n) is 6.00. The number of carbonyl (C=O) groups excluding carboxylic acids is 2. The van der Waals surface area contributed by atoms with Gasteiger partial charge in [0.15, 0.2) is 0 Å². The molecule has 96 valence electrons. The zero-order valence-electron chi connectivity index (χ0n) is 10.4. The standard InChI is InChI=1S/C13H17N3O2/c1-9-2-3-10(14)8-11(9)13(18)16-6-4-12(17)15-5-7-16/h2-3,8H,4-7,14H2,1H3,(H,15,17). The highest BCUT2D eigenvalue weighted by atomic mass is 16.2. The summed E-state index contributed by atoms with van der Waals surface area (Å²) in [6.45, 7) is 3.39. The van der Waals surface area contributed by atoms with Crippen LogP contribution in [0.15, 0.2) is 18.2 Å². The van der Waals surface area contributed by atoms with Gasteiger partial charge in [-0.2, -0.15) is 0 Å². The van der Waals surface area contributed by atoms with E-state index in [9.17, 15) is 9.59 Å². The van der Waals surface area contributed by atoms with Gasteiger partial charge in [0, 0.05) is 37.3 Å². The van der Waals surface area contributed by atoms with Gasteiger partial charge in [-0.1, -0.05) is 6.07 Å². The third kappa shape index (κ3) is 2.61. The molecular weight excluding hydrogens is 230 g/mol. The molecule has 0 atom stereocenters. The summed E-state index contributed by atoms with van der Waals surface area (Å²) in [4.78, 5) is 25.3. The average molecular weight is 247 g/mol. The topological polar surface area (TPSA) is 75.4 Å². The molecule has 0 aliphatic carbocycles. The van der Waals surface area contributed by atoms with Crippen LogP contribution in [0.3, 0.4) is 0 Å². The maximum absolute atomic E-state index is 12.4. The zero-order valence-corrected chi connectivity index (χ0v) is 10.4. The number of benzene rings is 1. The minimum Gasteiger partial charge on any atom is -0.399 e. The van der Waals surface area contributed by atoms with Crippen LogP contribution in [0.2, 0.25) is 0 Å². The van der Waals surface area contributed by atoms with Gasteiger partial charge in [0.25, 0.3) is 5.91 Å². The van der Waals surface area contributed by atoms with Crippen molar-refractivity contribution in [3.05, 3.63) is 29.3 Å². The van der Waals surface area contributed by atoms with Gasteiger partial charge in [-0.15, -0.1) is 0 Å². The number of hydrogen-bond donors (Lipinski definition) is 2. The Morgan fingerprint density at radius 3 is 2.94 bits per heavy atom. The summed E-state index contributed by atoms with van der Waals surface area (Å²) >= 11 is 0. The molecule has 1 heterocycles. The van der Waals surface area contributed by atoms with Gasteiger partial charge in [0.2, 0.25) is 5.91 Å². The Bertz CT molecular complexity index is 485. The predicted molar refractivity (Wildman–Crippen MR) is 69.1 cm³/mol. The molecule has 0 radical (unpaired) electrons. The zero-order chi connectivity index (χ0) is 13.1. The number of amides is 2. The smallest absolute Gasteiger partial charge is 0.254 e. The van der Waals surface area contributed by atoms with Crippen LogP contribution in [0.1, 0.15) is 22.3 Å². The molecule has 1 saturated heterocycles. The van der Waals surface area contributed by atoms with E-state index in [4.69, 9.17) is 5.73 Å². The van der Waals surface area contributed by atoms with Crippen LogP contribution in [0, 0.1) is 6.92 Å². The maximum Gasteiger partial charge on any atom is 0.254 e. The molecular formula is C13H17N3O2. The Morgan fingerprint density at radius 1 is 1.39 bits per heavy atom. The summed E-state index contributed by atoms with van der Waals surface area (Å²) in [6.07, 6.45) is 0.354. The molecule has 0 unspecified atom stereocenters. The monoisotopic (exact) mass is 247 g/mol. The van der Waals surface area contributed by atoms with Crippen molar-refractivity contribution in [2.75, 3.05) is 25.4 Å². The normalized spacial score (nSPS) is 16.1. The van der Waals surface area contributed by atoms with E-state index in [0.717, 1.165) is 5.56 Å². The lowest BCUT2D eigenvalue weighted by atomic mass is 10.1. The van der Waals surface area contributed by atoms with Gasteiger partial charge >= 0.3 is 0 Å². The minimum atomic E-state index is -0.0590. The van der Waals surface area contributed by atoms with Gasteiger partial charge < -0.3 is 16.0 Å². The van der Waals surface area contributed by atoms with Crippen molar-refractivity contribution in [3.8, 4) is 0 Å². The molecule has 0 saturated carbocycles. The minimum absolute atomic E-state index is 0.00500. The Hall–Kier alpha value is -2.04. The second-order valence-electron chi connectivity index (χ2n) is 4.47. The Balaban J connectivity index is 2.19. The van der Waals surface area contributed by atoms with E-state index in [1.54, 1.807) is 17.0 Å². The van der Waals surface area contributed by atoms with Crippen LogP contribution >= 0.6 is 0 Å². The number of nitrogens with one attached hydrogen (secondary N) is 1. The molecule has 2 rings (SSSR count). The second-order valence-corrected chi connectivity index (χ2v) is 4.47. The van der Waals surface area contributed by atoms with Gasteiger partial charge in [-0.3, -0.25) is 9.59 Å². The fraction of sp³-hybridized carbons (Fsp3) is 0.385. The number of hydrogen-bond acceptors (Lipinski definition) is 3. The largest absolute Gasteiger partial charge is 0.399 e. The highest BCUT2D eigenvalue weighted by molar-refractivity contribution is 5.97. The van der Waals surface area contributed by atoms with Crippen molar-refractivity contribution in [1.29, 1.82) is 0 Å². The molecule has 5 heteroatoms. The van der Waals surface area contributed by atoms with Crippen LogP contribution in [-0.4, -0.2) is 36.3 Å². The van der Waals surface area contributed by atoms with Crippen LogP contribution in [0.4, 0.5) is 5.69 Å². The number of nitrogens with two attached hydrogens (primary N) is 1. The molecule has 2 amide bonds. The highest BCUT2D eigenvalue weighted by Crippen LogP contribution is 2.15. The van der Waals surface area contributed by atoms with Crippen molar-refractivity contribution < 1.29 is 9.59 Å². The maximum atomic E-state index is 12.4. The summed E-state index contributed by atoms with van der Waals surface area (Å²) < 4.78 is 0. The van der Waals surface area contributed by atoms with E-state index in [1.165, 1.54) is 0 Å². The molecule has 18 heavy (non-hydrogen) atoms. The first-order chi connectivity index (χ1) is 8.58. The van der Waals surface area contributed by atoms with Crippen molar-refractivity contribution in [1.82, 2.24) is 10.2 Å². The van der Waals surface area contributed by atoms with Crippen LogP contribution in [0.25, 0.3) is 0 Å². The molecule has 5 nitrogen and oxygen atoms in total. The molecule has 1 fully saturated rings. The van der Waals surface area contributed by atoms with E-state index in [0.29, 0.717) is 37.3 Å². The Kier molecular flexibility index (Phi) is 3.50. The van der Waals surface area contributed by atoms with Crippen LogP contribution in [0.5, 0.6) is 0 Å². The molecule has 1 aromatic carbocycles. The summed E-state index contributed by atoms with van der Waals surface area (Å²) in [7, 11) is 0. The Labute approximate surface area is 106 Å². The number of nitrogen functional groups attached to an aromatic ring is 1. The molecule has 3 N–H and O–H groups in total. The van der Waals surface area contributed by atoms with Crippen LogP contribution in [-0.2, 0) is 4.79 Å². The predicted octanol–water partition coefficient (Wildman–Crippen LogP) is 0.539. The number of carbonyl (C=O) groups is 2. The molecule has 0 spiro atoms. The van der Waals surface area contributed by atoms with E-state index in [2.05, 4.69) is 5.32 Å². The van der Waals surface area contributed by atoms with Crippen molar-refractivity contribution in [3.63, 3.8) is 0 Å². The molecule has 1 aliphatic heterocycles. The first-order valence-corrected chi connectivity index (χ1v) is 6.00. The lowest BCUT2D eigenvalue weighted by Gasteiger charge is -2.20. The SMILES string of the molecule is Cc1ccc(N)cc1C(=O)N1CCNC(=O)CC1. The lowest BCUT2D eigenvalue weighted by Crippen LogP contribution is -2.34. The van der Waals surface area contributed by atoms with Gasteiger partial charge in [-0.05, 0) is 24.6 Å². The third-order valence-electron chi connectivity index (χ3n) is 3.09. The summed E-state index contributed by atoms with van der Waals surface area (Å²) in [5, 5.41) is 2.75. The number of anilines is 1. The average Bonchev–Trinajstić information content (AvgIpc) is 2.56. The molecule has 0 bridgehead atoms. The Morgan fingerprint density at radius 2 is 2.17 bits per heavy atom. The number of nitrogens with zero attached hydrogens (tertiary/aromatic N) is 1. The molecule has 0 aromatic heterocycles. The molecule has 1 aliphatic rings.